The summed E-state index contributed by atoms with van der Waals surface area (Å²) in [5.74, 6) is -0.804. The molecule has 0 aliphatic heterocycles. The van der Waals surface area contributed by atoms with Crippen molar-refractivity contribution in [3.05, 3.63) is 59.2 Å². The molecule has 0 heterocycles. The Morgan fingerprint density at radius 2 is 1.65 bits per heavy atom. The van der Waals surface area contributed by atoms with Gasteiger partial charge in [0.15, 0.2) is 0 Å². The first-order valence-electron chi connectivity index (χ1n) is 12.0. The lowest BCUT2D eigenvalue weighted by molar-refractivity contribution is -0.139. The van der Waals surface area contributed by atoms with Gasteiger partial charge in [-0.3, -0.25) is 9.59 Å². The molecule has 1 atom stereocenters. The van der Waals surface area contributed by atoms with Crippen molar-refractivity contribution in [1.82, 2.24) is 0 Å². The number of carboxylic acid groups (broad SMARTS) is 1. The Bertz CT molecular complexity index is 997. The second kappa shape index (κ2) is 12.8. The highest BCUT2D eigenvalue weighted by atomic mass is 16.4. The number of nitrogens with one attached hydrogen (secondary N) is 1. The number of anilines is 2. The van der Waals surface area contributed by atoms with Crippen molar-refractivity contribution < 1.29 is 14.7 Å². The quantitative estimate of drug-likeness (QED) is 0.413. The molecule has 6 nitrogen and oxygen atoms in total. The summed E-state index contributed by atoms with van der Waals surface area (Å²) >= 11 is 0. The lowest BCUT2D eigenvalue weighted by Crippen LogP contribution is -2.32. The maximum atomic E-state index is 13.0. The molecular formula is C28H37N3O3. The Kier molecular flexibility index (Phi) is 10.1. The molecule has 0 aliphatic rings. The monoisotopic (exact) mass is 463 g/mol. The molecule has 0 saturated carbocycles. The molecule has 6 heteroatoms. The molecule has 0 saturated heterocycles. The van der Waals surface area contributed by atoms with Crippen molar-refractivity contribution in [3.63, 3.8) is 0 Å². The van der Waals surface area contributed by atoms with Crippen molar-refractivity contribution >= 4 is 23.3 Å². The van der Waals surface area contributed by atoms with Crippen molar-refractivity contribution in [2.45, 2.75) is 59.8 Å². The minimum absolute atomic E-state index is 0.168. The molecule has 34 heavy (non-hydrogen) atoms. The van der Waals surface area contributed by atoms with Crippen LogP contribution in [0.4, 0.5) is 11.4 Å². The van der Waals surface area contributed by atoms with Crippen molar-refractivity contribution in [2.75, 3.05) is 23.3 Å². The van der Waals surface area contributed by atoms with Gasteiger partial charge in [-0.05, 0) is 53.6 Å². The minimum Gasteiger partial charge on any atom is -0.481 e. The topological polar surface area (TPSA) is 93.4 Å². The number of amides is 1. The Balaban J connectivity index is 2.43. The van der Waals surface area contributed by atoms with Crippen LogP contribution in [-0.2, 0) is 16.0 Å². The van der Waals surface area contributed by atoms with Crippen LogP contribution in [0.25, 0.3) is 0 Å². The van der Waals surface area contributed by atoms with Gasteiger partial charge in [-0.2, -0.15) is 5.26 Å². The smallest absolute Gasteiger partial charge is 0.310 e. The highest BCUT2D eigenvalue weighted by Gasteiger charge is 2.22. The van der Waals surface area contributed by atoms with Gasteiger partial charge >= 0.3 is 5.97 Å². The first-order valence-corrected chi connectivity index (χ1v) is 12.0. The SMILES string of the molecule is CCCC(C(=O)O)c1ccc(N(CC(C)C)CC(C)C)c(NC(=O)Cc2ccc(C#N)cc2)c1. The van der Waals surface area contributed by atoms with Crippen LogP contribution in [0.5, 0.6) is 0 Å². The van der Waals surface area contributed by atoms with E-state index in [-0.39, 0.29) is 12.3 Å². The van der Waals surface area contributed by atoms with E-state index in [0.717, 1.165) is 30.8 Å². The van der Waals surface area contributed by atoms with E-state index < -0.39 is 11.9 Å². The van der Waals surface area contributed by atoms with Gasteiger partial charge in [0.2, 0.25) is 5.91 Å². The van der Waals surface area contributed by atoms with Gasteiger partial charge in [-0.15, -0.1) is 0 Å². The molecule has 2 aromatic carbocycles. The third-order valence-electron chi connectivity index (χ3n) is 5.53. The van der Waals surface area contributed by atoms with Crippen LogP contribution in [0.2, 0.25) is 0 Å². The van der Waals surface area contributed by atoms with Crippen molar-refractivity contribution in [1.29, 1.82) is 5.26 Å². The lowest BCUT2D eigenvalue weighted by atomic mass is 9.93. The van der Waals surface area contributed by atoms with Crippen LogP contribution in [0, 0.1) is 23.2 Å². The molecule has 2 rings (SSSR count). The van der Waals surface area contributed by atoms with E-state index in [9.17, 15) is 14.7 Å². The van der Waals surface area contributed by atoms with E-state index >= 15 is 0 Å². The fraction of sp³-hybridized carbons (Fsp3) is 0.464. The number of carbonyl (C=O) groups is 2. The predicted molar refractivity (Wildman–Crippen MR) is 137 cm³/mol. The number of nitriles is 1. The predicted octanol–water partition coefficient (Wildman–Crippen LogP) is 5.83. The zero-order chi connectivity index (χ0) is 25.3. The molecule has 0 spiro atoms. The number of aliphatic carboxylic acids is 1. The van der Waals surface area contributed by atoms with Gasteiger partial charge in [-0.1, -0.05) is 59.2 Å². The molecule has 182 valence electrons. The summed E-state index contributed by atoms with van der Waals surface area (Å²) in [6.07, 6.45) is 1.46. The van der Waals surface area contributed by atoms with Crippen molar-refractivity contribution in [2.24, 2.45) is 11.8 Å². The van der Waals surface area contributed by atoms with E-state index in [0.29, 0.717) is 35.1 Å². The number of rotatable bonds is 12. The Hall–Kier alpha value is -3.33. The van der Waals surface area contributed by atoms with Crippen LogP contribution in [-0.4, -0.2) is 30.1 Å². The zero-order valence-electron chi connectivity index (χ0n) is 21.0. The van der Waals surface area contributed by atoms with E-state index in [1.165, 1.54) is 0 Å². The van der Waals surface area contributed by atoms with Gasteiger partial charge in [0.25, 0.3) is 0 Å². The minimum atomic E-state index is -0.856. The van der Waals surface area contributed by atoms with E-state index in [1.54, 1.807) is 24.3 Å². The largest absolute Gasteiger partial charge is 0.481 e. The molecule has 0 fully saturated rings. The molecule has 2 aromatic rings. The fourth-order valence-corrected chi connectivity index (χ4v) is 4.10. The Labute approximate surface area is 203 Å². The third-order valence-corrected chi connectivity index (χ3v) is 5.53. The summed E-state index contributed by atoms with van der Waals surface area (Å²) in [6.45, 7) is 12.3. The lowest BCUT2D eigenvalue weighted by Gasteiger charge is -2.31. The molecule has 1 unspecified atom stereocenters. The Morgan fingerprint density at radius 1 is 1.03 bits per heavy atom. The highest BCUT2D eigenvalue weighted by Crippen LogP contribution is 2.33. The number of hydrogen-bond donors (Lipinski definition) is 2. The Morgan fingerprint density at radius 3 is 2.15 bits per heavy atom. The third kappa shape index (κ3) is 7.91. The zero-order valence-corrected chi connectivity index (χ0v) is 21.0. The molecular weight excluding hydrogens is 426 g/mol. The summed E-state index contributed by atoms with van der Waals surface area (Å²) in [7, 11) is 0. The second-order valence-corrected chi connectivity index (χ2v) is 9.68. The van der Waals surface area contributed by atoms with Crippen LogP contribution < -0.4 is 10.2 Å². The molecule has 1 amide bonds. The number of carbonyl (C=O) groups excluding carboxylic acids is 1. The molecule has 0 aliphatic carbocycles. The summed E-state index contributed by atoms with van der Waals surface area (Å²) in [4.78, 5) is 27.2. The van der Waals surface area contributed by atoms with Crippen LogP contribution in [0.15, 0.2) is 42.5 Å². The number of carboxylic acids is 1. The summed E-state index contributed by atoms with van der Waals surface area (Å²) in [6, 6.07) is 14.7. The molecule has 2 N–H and O–H groups in total. The van der Waals surface area contributed by atoms with Gasteiger partial charge in [0, 0.05) is 13.1 Å². The van der Waals surface area contributed by atoms with Gasteiger partial charge in [0.1, 0.15) is 0 Å². The van der Waals surface area contributed by atoms with Crippen LogP contribution in [0.1, 0.15) is 70.1 Å². The summed E-state index contributed by atoms with van der Waals surface area (Å²) in [5.41, 5.74) is 3.60. The van der Waals surface area contributed by atoms with Gasteiger partial charge < -0.3 is 15.3 Å². The molecule has 0 radical (unpaired) electrons. The molecule has 0 bridgehead atoms. The highest BCUT2D eigenvalue weighted by molar-refractivity contribution is 5.96. The number of nitrogens with zero attached hydrogens (tertiary/aromatic N) is 2. The second-order valence-electron chi connectivity index (χ2n) is 9.68. The van der Waals surface area contributed by atoms with Crippen LogP contribution in [0.3, 0.4) is 0 Å². The first kappa shape index (κ1) is 26.9. The summed E-state index contributed by atoms with van der Waals surface area (Å²) < 4.78 is 0. The number of benzene rings is 2. The van der Waals surface area contributed by atoms with Crippen molar-refractivity contribution in [3.8, 4) is 6.07 Å². The number of hydrogen-bond acceptors (Lipinski definition) is 4. The maximum absolute atomic E-state index is 13.0. The standard InChI is InChI=1S/C28H37N3O3/c1-6-7-24(28(33)34)23-12-13-26(31(17-19(2)3)18-20(4)5)25(15-23)30-27(32)14-21-8-10-22(16-29)11-9-21/h8-13,15,19-20,24H,6-7,14,17-18H2,1-5H3,(H,30,32)(H,33,34). The van der Waals surface area contributed by atoms with E-state index in [4.69, 9.17) is 5.26 Å². The average Bonchev–Trinajstić information content (AvgIpc) is 2.76. The maximum Gasteiger partial charge on any atom is 0.310 e. The van der Waals surface area contributed by atoms with Gasteiger partial charge in [-0.25, -0.2) is 0 Å². The summed E-state index contributed by atoms with van der Waals surface area (Å²) in [5, 5.41) is 21.8. The van der Waals surface area contributed by atoms with E-state index in [2.05, 4.69) is 44.0 Å². The molecule has 0 aromatic heterocycles. The first-order chi connectivity index (χ1) is 16.1. The van der Waals surface area contributed by atoms with Gasteiger partial charge in [0.05, 0.1) is 35.3 Å². The fourth-order valence-electron chi connectivity index (χ4n) is 4.10. The average molecular weight is 464 g/mol. The van der Waals surface area contributed by atoms with E-state index in [1.807, 2.05) is 25.1 Å². The van der Waals surface area contributed by atoms with Crippen LogP contribution >= 0.6 is 0 Å². The normalized spacial score (nSPS) is 11.8.